The van der Waals surface area contributed by atoms with E-state index in [0.29, 0.717) is 0 Å². The minimum absolute atomic E-state index is 0.856. The normalized spacial score (nSPS) is 7.38. The maximum absolute atomic E-state index is 4.58. The van der Waals surface area contributed by atoms with Crippen LogP contribution in [0.25, 0.3) is 0 Å². The van der Waals surface area contributed by atoms with Gasteiger partial charge in [0.1, 0.15) is 18.3 Å². The van der Waals surface area contributed by atoms with Gasteiger partial charge in [-0.15, -0.1) is 0 Å². The van der Waals surface area contributed by atoms with Gasteiger partial charge < -0.3 is 13.6 Å². The molecule has 2 N–H and O–H groups in total. The van der Waals surface area contributed by atoms with E-state index in [4.69, 9.17) is 0 Å². The minimum Gasteiger partial charge on any atom is -0.365 e. The number of hydrogen-bond acceptors (Lipinski definition) is 15. The Morgan fingerprint density at radius 3 is 1.29 bits per heavy atom. The van der Waals surface area contributed by atoms with Crippen molar-refractivity contribution in [2.45, 2.75) is 180 Å². The smallest absolute Gasteiger partial charge is 0.133 e. The summed E-state index contributed by atoms with van der Waals surface area (Å²) in [5.74, 6) is 0.856. The van der Waals surface area contributed by atoms with Crippen LogP contribution in [0.4, 0.5) is 0 Å². The SMILES string of the molecule is CC.CC.CC.CC.CC.CC.CC.CC.CC.Cc1ccn[nH]1.Cc1ccno1.Cc1ccns1.Cc1ccon1.Cc1ccsn1.Cc1cn[nH]c1.Cc1cnoc1.Cc1cnsc1.Cn1cccn1. The van der Waals surface area contributed by atoms with E-state index in [0.717, 1.165) is 28.4 Å². The molecule has 0 atom stereocenters. The fourth-order valence-corrected chi connectivity index (χ4v) is 4.08. The molecule has 0 aliphatic heterocycles. The van der Waals surface area contributed by atoms with Crippen LogP contribution in [0.2, 0.25) is 0 Å². The zero-order chi connectivity index (χ0) is 57.7. The highest BCUT2D eigenvalue weighted by molar-refractivity contribution is 7.05. The second-order valence-electron chi connectivity index (χ2n) is 10.6. The summed E-state index contributed by atoms with van der Waals surface area (Å²) in [5.41, 5.74) is 6.63. The zero-order valence-corrected chi connectivity index (χ0v) is 52.3. The summed E-state index contributed by atoms with van der Waals surface area (Å²) >= 11 is 4.51. The van der Waals surface area contributed by atoms with Crippen molar-refractivity contribution in [1.82, 2.24) is 58.8 Å². The van der Waals surface area contributed by atoms with Crippen LogP contribution in [-0.4, -0.2) is 58.8 Å². The van der Waals surface area contributed by atoms with Gasteiger partial charge in [0.2, 0.25) is 0 Å². The number of nitrogens with one attached hydrogen (secondary N) is 2. The molecule has 0 saturated carbocycles. The Kier molecular flexibility index (Phi) is 98.0. The van der Waals surface area contributed by atoms with Crippen molar-refractivity contribution in [3.05, 3.63) is 160 Å². The van der Waals surface area contributed by atoms with Crippen molar-refractivity contribution in [1.29, 1.82) is 0 Å². The molecular weight excluding hydrogens is 961 g/mol. The minimum atomic E-state index is 0.856. The summed E-state index contributed by atoms with van der Waals surface area (Å²) in [7, 11) is 1.89. The average molecular weight is 1060 g/mol. The van der Waals surface area contributed by atoms with Crippen LogP contribution in [0.15, 0.2) is 129 Å². The number of H-pyrrole nitrogens is 2. The second kappa shape index (κ2) is 82.1. The number of nitrogens with zero attached hydrogens (tertiary/aromatic N) is 10. The Labute approximate surface area is 451 Å². The van der Waals surface area contributed by atoms with Gasteiger partial charge in [0.05, 0.1) is 30.0 Å². The molecule has 0 unspecified atom stereocenters. The number of rotatable bonds is 0. The van der Waals surface area contributed by atoms with E-state index in [2.05, 4.69) is 67.7 Å². The standard InChI is InChI=1S/3C4H6N2.3C4H5NO.3C4H5NS.9C2H6/c1-4-2-5-6-3-4;1-6-4-2-3-5-6;1-4-2-3-5-6-4;1-4-2-5-6-3-4;1-4-2-3-6-5-4;1-4-2-3-5-6-4;1-4-2-5-6-3-4;1-4-2-3-6-5-4;1-4-2-3-5-6-4;9*1-2/h2-3H,1H3,(H,5,6);2-4H,1H3;2-3H,1H3,(H,5,6);6*2-3H,1H3;9*1-2H3. The fraction of sp³-hybridized carbons (Fsp3) is 0.500. The summed E-state index contributed by atoms with van der Waals surface area (Å²) in [6, 6.07) is 11.4. The van der Waals surface area contributed by atoms with E-state index in [-0.39, 0.29) is 0 Å². The van der Waals surface area contributed by atoms with E-state index in [1.54, 1.807) is 66.5 Å². The van der Waals surface area contributed by atoms with Crippen LogP contribution in [0.5, 0.6) is 0 Å². The lowest BCUT2D eigenvalue weighted by Gasteiger charge is -1.77. The number of hydrogen-bond donors (Lipinski definition) is 2. The lowest BCUT2D eigenvalue weighted by molar-refractivity contribution is 0.397. The van der Waals surface area contributed by atoms with Gasteiger partial charge in [-0.25, -0.2) is 8.75 Å². The van der Waals surface area contributed by atoms with Crippen molar-refractivity contribution in [2.75, 3.05) is 0 Å². The maximum Gasteiger partial charge on any atom is 0.133 e. The van der Waals surface area contributed by atoms with Gasteiger partial charge in [-0.3, -0.25) is 14.9 Å². The van der Waals surface area contributed by atoms with Gasteiger partial charge in [-0.2, -0.15) is 19.7 Å². The van der Waals surface area contributed by atoms with Crippen LogP contribution in [-0.2, 0) is 7.05 Å². The summed E-state index contributed by atoms with van der Waals surface area (Å²) in [5, 5.41) is 31.1. The van der Waals surface area contributed by atoms with Gasteiger partial charge in [0.15, 0.2) is 0 Å². The molecule has 9 rings (SSSR count). The molecule has 0 saturated heterocycles. The molecule has 0 aliphatic carbocycles. The van der Waals surface area contributed by atoms with Gasteiger partial charge >= 0.3 is 0 Å². The molecule has 0 spiro atoms. The van der Waals surface area contributed by atoms with E-state index in [1.807, 2.05) is 241 Å². The Hall–Kier alpha value is -5.85. The second-order valence-corrected chi connectivity index (χ2v) is 13.0. The molecule has 9 aromatic heterocycles. The highest BCUT2D eigenvalue weighted by Crippen LogP contribution is 1.99. The van der Waals surface area contributed by atoms with E-state index >= 15 is 0 Å². The molecule has 9 heterocycles. The first-order valence-electron chi connectivity index (χ1n) is 25.1. The lowest BCUT2D eigenvalue weighted by atomic mass is 10.4. The van der Waals surface area contributed by atoms with Crippen molar-refractivity contribution in [3.8, 4) is 0 Å². The third kappa shape index (κ3) is 78.3. The van der Waals surface area contributed by atoms with Crippen LogP contribution in [0, 0.1) is 55.4 Å². The van der Waals surface area contributed by atoms with Crippen LogP contribution < -0.4 is 0 Å². The number of aromatic amines is 2. The highest BCUT2D eigenvalue weighted by Gasteiger charge is 1.81. The molecular formula is C54H102N12O3S3. The fourth-order valence-electron chi connectivity index (χ4n) is 2.61. The molecule has 414 valence electrons. The van der Waals surface area contributed by atoms with Crippen LogP contribution in [0.1, 0.15) is 169 Å². The summed E-state index contributed by atoms with van der Waals surface area (Å²) < 4.78 is 26.9. The van der Waals surface area contributed by atoms with Crippen LogP contribution >= 0.6 is 34.6 Å². The molecule has 0 radical (unpaired) electrons. The zero-order valence-electron chi connectivity index (χ0n) is 49.9. The van der Waals surface area contributed by atoms with Crippen molar-refractivity contribution < 1.29 is 13.6 Å². The van der Waals surface area contributed by atoms with E-state index < -0.39 is 0 Å². The summed E-state index contributed by atoms with van der Waals surface area (Å²) in [6.45, 7) is 51.7. The topological polar surface area (TPSA) is 192 Å². The van der Waals surface area contributed by atoms with Crippen molar-refractivity contribution in [3.63, 3.8) is 0 Å². The number of aromatic nitrogens is 12. The predicted octanol–water partition coefficient (Wildman–Crippen LogP) is 18.4. The first-order chi connectivity index (χ1) is 35.0. The Bertz CT molecular complexity index is 1470. The molecule has 18 heteroatoms. The molecule has 0 amide bonds. The van der Waals surface area contributed by atoms with Gasteiger partial charge in [-0.05, 0) is 125 Å². The first-order valence-corrected chi connectivity index (χ1v) is 27.5. The van der Waals surface area contributed by atoms with Gasteiger partial charge in [-0.1, -0.05) is 140 Å². The molecule has 72 heavy (non-hydrogen) atoms. The lowest BCUT2D eigenvalue weighted by Crippen LogP contribution is -1.83. The monoisotopic (exact) mass is 1060 g/mol. The highest BCUT2D eigenvalue weighted by atomic mass is 32.1. The molecule has 9 aromatic rings. The third-order valence-electron chi connectivity index (χ3n) is 5.29. The quantitative estimate of drug-likeness (QED) is 0.146. The average Bonchev–Trinajstić information content (AvgIpc) is 4.27. The molecule has 0 aromatic carbocycles. The molecule has 0 fully saturated rings. The van der Waals surface area contributed by atoms with E-state index in [9.17, 15) is 0 Å². The molecule has 0 bridgehead atoms. The summed E-state index contributed by atoms with van der Waals surface area (Å²) in [4.78, 5) is 1.27. The largest absolute Gasteiger partial charge is 0.365 e. The molecule has 0 aliphatic rings. The Balaban J connectivity index is -0.0000000852. The van der Waals surface area contributed by atoms with E-state index in [1.165, 1.54) is 50.6 Å². The maximum atomic E-state index is 4.58. The van der Waals surface area contributed by atoms with Gasteiger partial charge in [0.25, 0.3) is 0 Å². The Morgan fingerprint density at radius 2 is 1.17 bits per heavy atom. The molecule has 15 nitrogen and oxygen atoms in total. The Morgan fingerprint density at radius 1 is 0.542 bits per heavy atom. The number of aryl methyl sites for hydroxylation is 9. The van der Waals surface area contributed by atoms with Crippen LogP contribution in [0.3, 0.4) is 0 Å². The van der Waals surface area contributed by atoms with Crippen molar-refractivity contribution >= 4 is 34.6 Å². The third-order valence-corrected chi connectivity index (χ3v) is 7.30. The van der Waals surface area contributed by atoms with Gasteiger partial charge in [0, 0.05) is 83.3 Å². The predicted molar refractivity (Wildman–Crippen MR) is 316 cm³/mol. The van der Waals surface area contributed by atoms with Crippen molar-refractivity contribution in [2.24, 2.45) is 7.05 Å². The first kappa shape index (κ1) is 86.0. The summed E-state index contributed by atoms with van der Waals surface area (Å²) in [6.07, 6.45) is 19.1.